The van der Waals surface area contributed by atoms with Crippen LogP contribution in [0.3, 0.4) is 0 Å². The number of rotatable bonds is 4. The smallest absolute Gasteiger partial charge is 0.207 e. The van der Waals surface area contributed by atoms with E-state index in [9.17, 15) is 12.8 Å². The third-order valence-electron chi connectivity index (χ3n) is 3.48. The Hall–Kier alpha value is -1.76. The molecular formula is C17H13BrFNO2S. The molecule has 0 bridgehead atoms. The SMILES string of the molecule is O=S(=O)(NCc1ccc(F)c(Br)c1)c1ccc2ccccc2c1. The summed E-state index contributed by atoms with van der Waals surface area (Å²) in [6.07, 6.45) is 0. The molecule has 0 aromatic heterocycles. The topological polar surface area (TPSA) is 46.2 Å². The molecule has 23 heavy (non-hydrogen) atoms. The van der Waals surface area contributed by atoms with Crippen LogP contribution >= 0.6 is 15.9 Å². The van der Waals surface area contributed by atoms with Gasteiger partial charge in [-0.1, -0.05) is 36.4 Å². The summed E-state index contributed by atoms with van der Waals surface area (Å²) >= 11 is 3.09. The second-order valence-corrected chi connectivity index (χ2v) is 7.70. The molecule has 0 atom stereocenters. The van der Waals surface area contributed by atoms with Crippen LogP contribution in [0, 0.1) is 5.82 Å². The number of nitrogens with one attached hydrogen (secondary N) is 1. The average Bonchev–Trinajstić information content (AvgIpc) is 2.55. The Bertz CT molecular complexity index is 973. The van der Waals surface area contributed by atoms with Crippen LogP contribution in [-0.2, 0) is 16.6 Å². The zero-order valence-corrected chi connectivity index (χ0v) is 14.4. The molecule has 0 heterocycles. The maximum atomic E-state index is 13.2. The Morgan fingerprint density at radius 3 is 2.43 bits per heavy atom. The van der Waals surface area contributed by atoms with Crippen molar-refractivity contribution in [2.24, 2.45) is 0 Å². The van der Waals surface area contributed by atoms with Crippen LogP contribution in [0.25, 0.3) is 10.8 Å². The quantitative estimate of drug-likeness (QED) is 0.720. The van der Waals surface area contributed by atoms with Crippen LogP contribution in [0.15, 0.2) is 70.0 Å². The lowest BCUT2D eigenvalue weighted by Crippen LogP contribution is -2.23. The minimum absolute atomic E-state index is 0.0913. The first-order chi connectivity index (χ1) is 11.0. The van der Waals surface area contributed by atoms with Crippen LogP contribution in [0.2, 0.25) is 0 Å². The lowest BCUT2D eigenvalue weighted by atomic mass is 10.1. The van der Waals surface area contributed by atoms with Crippen molar-refractivity contribution in [1.29, 1.82) is 0 Å². The van der Waals surface area contributed by atoms with Gasteiger partial charge >= 0.3 is 0 Å². The van der Waals surface area contributed by atoms with E-state index in [1.165, 1.54) is 6.07 Å². The molecule has 0 aliphatic rings. The molecule has 3 nitrogen and oxygen atoms in total. The van der Waals surface area contributed by atoms with Crippen LogP contribution in [0.5, 0.6) is 0 Å². The molecule has 3 aromatic rings. The van der Waals surface area contributed by atoms with Crippen LogP contribution in [0.1, 0.15) is 5.56 Å². The lowest BCUT2D eigenvalue weighted by molar-refractivity contribution is 0.581. The molecule has 0 saturated heterocycles. The first kappa shape index (κ1) is 16.1. The monoisotopic (exact) mass is 393 g/mol. The Morgan fingerprint density at radius 1 is 0.957 bits per heavy atom. The molecule has 0 radical (unpaired) electrons. The van der Waals surface area contributed by atoms with Crippen molar-refractivity contribution in [1.82, 2.24) is 4.72 Å². The zero-order valence-electron chi connectivity index (χ0n) is 12.0. The fourth-order valence-electron chi connectivity index (χ4n) is 2.25. The van der Waals surface area contributed by atoms with Crippen molar-refractivity contribution in [2.45, 2.75) is 11.4 Å². The average molecular weight is 394 g/mol. The summed E-state index contributed by atoms with van der Waals surface area (Å²) < 4.78 is 40.8. The summed E-state index contributed by atoms with van der Waals surface area (Å²) in [5, 5.41) is 1.84. The number of benzene rings is 3. The van der Waals surface area contributed by atoms with Gasteiger partial charge in [0.25, 0.3) is 0 Å². The van der Waals surface area contributed by atoms with E-state index < -0.39 is 10.0 Å². The highest BCUT2D eigenvalue weighted by Gasteiger charge is 2.14. The summed E-state index contributed by atoms with van der Waals surface area (Å²) in [5.74, 6) is -0.383. The second kappa shape index (κ2) is 6.39. The molecule has 0 saturated carbocycles. The second-order valence-electron chi connectivity index (χ2n) is 5.08. The summed E-state index contributed by atoms with van der Waals surface area (Å²) in [6.45, 7) is 0.0913. The summed E-state index contributed by atoms with van der Waals surface area (Å²) in [6, 6.07) is 16.9. The number of hydrogen-bond acceptors (Lipinski definition) is 2. The standard InChI is InChI=1S/C17H13BrFNO2S/c18-16-9-12(5-8-17(16)19)11-20-23(21,22)15-7-6-13-3-1-2-4-14(13)10-15/h1-10,20H,11H2. The van der Waals surface area contributed by atoms with E-state index in [4.69, 9.17) is 0 Å². The number of hydrogen-bond donors (Lipinski definition) is 1. The van der Waals surface area contributed by atoms with E-state index in [1.54, 1.807) is 30.3 Å². The zero-order chi connectivity index (χ0) is 16.4. The molecular weight excluding hydrogens is 381 g/mol. The molecule has 1 N–H and O–H groups in total. The van der Waals surface area contributed by atoms with Crippen molar-refractivity contribution >= 4 is 36.7 Å². The summed E-state index contributed by atoms with van der Waals surface area (Å²) in [5.41, 5.74) is 0.669. The molecule has 6 heteroatoms. The van der Waals surface area contributed by atoms with Gasteiger partial charge in [-0.2, -0.15) is 0 Å². The number of halogens is 2. The molecule has 0 amide bonds. The van der Waals surface area contributed by atoms with E-state index in [0.717, 1.165) is 10.8 Å². The summed E-state index contributed by atoms with van der Waals surface area (Å²) in [7, 11) is -3.63. The highest BCUT2D eigenvalue weighted by molar-refractivity contribution is 9.10. The van der Waals surface area contributed by atoms with Gasteiger partial charge in [0.15, 0.2) is 0 Å². The van der Waals surface area contributed by atoms with Gasteiger partial charge in [0.05, 0.1) is 9.37 Å². The molecule has 3 aromatic carbocycles. The minimum Gasteiger partial charge on any atom is -0.207 e. The highest BCUT2D eigenvalue weighted by Crippen LogP contribution is 2.20. The van der Waals surface area contributed by atoms with E-state index in [2.05, 4.69) is 20.7 Å². The first-order valence-corrected chi connectivity index (χ1v) is 9.16. The Labute approximate surface area is 142 Å². The van der Waals surface area contributed by atoms with Crippen molar-refractivity contribution in [3.05, 3.63) is 76.5 Å². The fraction of sp³-hybridized carbons (Fsp3) is 0.0588. The molecule has 0 spiro atoms. The first-order valence-electron chi connectivity index (χ1n) is 6.88. The molecule has 0 unspecified atom stereocenters. The molecule has 0 aliphatic heterocycles. The Balaban J connectivity index is 1.83. The van der Waals surface area contributed by atoms with Gasteiger partial charge in [-0.15, -0.1) is 0 Å². The third-order valence-corrected chi connectivity index (χ3v) is 5.49. The summed E-state index contributed by atoms with van der Waals surface area (Å²) in [4.78, 5) is 0.206. The van der Waals surface area contributed by atoms with Gasteiger partial charge in [0, 0.05) is 6.54 Å². The van der Waals surface area contributed by atoms with E-state index in [-0.39, 0.29) is 17.3 Å². The normalized spacial score (nSPS) is 11.7. The maximum Gasteiger partial charge on any atom is 0.240 e. The van der Waals surface area contributed by atoms with Gasteiger partial charge in [-0.25, -0.2) is 17.5 Å². The molecule has 0 aliphatic carbocycles. The predicted molar refractivity (Wildman–Crippen MR) is 92.1 cm³/mol. The van der Waals surface area contributed by atoms with Gasteiger partial charge in [-0.05, 0) is 56.5 Å². The minimum atomic E-state index is -3.63. The van der Waals surface area contributed by atoms with Gasteiger partial charge in [-0.3, -0.25) is 0 Å². The largest absolute Gasteiger partial charge is 0.240 e. The van der Waals surface area contributed by atoms with E-state index in [1.807, 2.05) is 24.3 Å². The molecule has 118 valence electrons. The van der Waals surface area contributed by atoms with Crippen molar-refractivity contribution < 1.29 is 12.8 Å². The van der Waals surface area contributed by atoms with Crippen molar-refractivity contribution in [3.8, 4) is 0 Å². The van der Waals surface area contributed by atoms with Gasteiger partial charge in [0.1, 0.15) is 5.82 Å². The Morgan fingerprint density at radius 2 is 1.70 bits per heavy atom. The fourth-order valence-corrected chi connectivity index (χ4v) is 3.72. The maximum absolute atomic E-state index is 13.2. The van der Waals surface area contributed by atoms with E-state index in [0.29, 0.717) is 10.0 Å². The number of fused-ring (bicyclic) bond motifs is 1. The highest BCUT2D eigenvalue weighted by atomic mass is 79.9. The van der Waals surface area contributed by atoms with Crippen LogP contribution < -0.4 is 4.72 Å². The third kappa shape index (κ3) is 3.60. The molecule has 3 rings (SSSR count). The lowest BCUT2D eigenvalue weighted by Gasteiger charge is -2.08. The predicted octanol–water partition coefficient (Wildman–Crippen LogP) is 4.22. The number of sulfonamides is 1. The Kier molecular flexibility index (Phi) is 4.48. The van der Waals surface area contributed by atoms with Gasteiger partial charge in [0.2, 0.25) is 10.0 Å². The molecule has 0 fully saturated rings. The van der Waals surface area contributed by atoms with Crippen molar-refractivity contribution in [2.75, 3.05) is 0 Å². The van der Waals surface area contributed by atoms with Crippen molar-refractivity contribution in [3.63, 3.8) is 0 Å². The van der Waals surface area contributed by atoms with E-state index >= 15 is 0 Å². The van der Waals surface area contributed by atoms with Crippen LogP contribution in [0.4, 0.5) is 4.39 Å². The van der Waals surface area contributed by atoms with Gasteiger partial charge < -0.3 is 0 Å². The van der Waals surface area contributed by atoms with Crippen LogP contribution in [-0.4, -0.2) is 8.42 Å².